The average Bonchev–Trinajstić information content (AvgIpc) is 3.23. The molecular weight excluding hydrogens is 370 g/mol. The van der Waals surface area contributed by atoms with Crippen LogP contribution in [0.1, 0.15) is 24.0 Å². The Labute approximate surface area is 168 Å². The minimum atomic E-state index is -3.43. The average molecular weight is 400 g/mol. The Morgan fingerprint density at radius 3 is 1.79 bits per heavy atom. The molecule has 0 spiro atoms. The lowest BCUT2D eigenvalue weighted by Crippen LogP contribution is -2.48. The van der Waals surface area contributed by atoms with Gasteiger partial charge < -0.3 is 9.80 Å². The summed E-state index contributed by atoms with van der Waals surface area (Å²) >= 11 is 0. The molecule has 5 nitrogen and oxygen atoms in total. The van der Waals surface area contributed by atoms with Crippen LogP contribution in [-0.2, 0) is 10.0 Å². The lowest BCUT2D eigenvalue weighted by atomic mass is 10.2. The van der Waals surface area contributed by atoms with Gasteiger partial charge in [-0.25, -0.2) is 8.42 Å². The predicted octanol–water partition coefficient (Wildman–Crippen LogP) is 3.41. The zero-order valence-electron chi connectivity index (χ0n) is 16.8. The topological polar surface area (TPSA) is 43.9 Å². The van der Waals surface area contributed by atoms with Gasteiger partial charge in [-0.2, -0.15) is 4.31 Å². The molecule has 2 aromatic carbocycles. The van der Waals surface area contributed by atoms with Crippen molar-refractivity contribution in [2.24, 2.45) is 0 Å². The summed E-state index contributed by atoms with van der Waals surface area (Å²) in [5.74, 6) is 0. The zero-order valence-corrected chi connectivity index (χ0v) is 17.6. The number of hydrogen-bond acceptors (Lipinski definition) is 4. The van der Waals surface area contributed by atoms with Crippen molar-refractivity contribution in [1.82, 2.24) is 4.31 Å². The van der Waals surface area contributed by atoms with Crippen LogP contribution in [0.4, 0.5) is 11.4 Å². The normalized spacial score (nSPS) is 18.6. The highest BCUT2D eigenvalue weighted by Crippen LogP contribution is 2.26. The van der Waals surface area contributed by atoms with Gasteiger partial charge in [-0.15, -0.1) is 0 Å². The Hall–Kier alpha value is -2.05. The highest BCUT2D eigenvalue weighted by molar-refractivity contribution is 7.89. The highest BCUT2D eigenvalue weighted by atomic mass is 32.2. The van der Waals surface area contributed by atoms with E-state index < -0.39 is 10.0 Å². The maximum atomic E-state index is 13.1. The highest BCUT2D eigenvalue weighted by Gasteiger charge is 2.29. The van der Waals surface area contributed by atoms with Gasteiger partial charge in [0, 0.05) is 50.6 Å². The van der Waals surface area contributed by atoms with Crippen LogP contribution in [0, 0.1) is 13.8 Å². The minimum Gasteiger partial charge on any atom is -0.372 e. The van der Waals surface area contributed by atoms with Crippen LogP contribution >= 0.6 is 0 Å². The Bertz CT molecular complexity index is 927. The summed E-state index contributed by atoms with van der Waals surface area (Å²) in [6.45, 7) is 8.62. The number of rotatable bonds is 4. The molecule has 0 amide bonds. The van der Waals surface area contributed by atoms with E-state index in [1.807, 2.05) is 26.0 Å². The summed E-state index contributed by atoms with van der Waals surface area (Å²) in [6, 6.07) is 14.3. The first-order chi connectivity index (χ1) is 13.4. The maximum absolute atomic E-state index is 13.1. The van der Waals surface area contributed by atoms with Gasteiger partial charge in [0.1, 0.15) is 0 Å². The van der Waals surface area contributed by atoms with Gasteiger partial charge in [0.05, 0.1) is 4.90 Å². The largest absolute Gasteiger partial charge is 0.372 e. The van der Waals surface area contributed by atoms with Gasteiger partial charge >= 0.3 is 0 Å². The van der Waals surface area contributed by atoms with Crippen LogP contribution < -0.4 is 9.80 Å². The van der Waals surface area contributed by atoms with Crippen molar-refractivity contribution in [2.45, 2.75) is 31.6 Å². The van der Waals surface area contributed by atoms with E-state index in [0.717, 1.165) is 24.2 Å². The standard InChI is InChI=1S/C22H29N3O2S/c1-18-5-10-22(19(2)17-18)28(26,27)25-15-13-24(14-16-25)21-8-6-20(7-9-21)23-11-3-4-12-23/h5-10,17H,3-4,11-16H2,1-2H3. The van der Waals surface area contributed by atoms with Crippen molar-refractivity contribution in [3.8, 4) is 0 Å². The summed E-state index contributed by atoms with van der Waals surface area (Å²) in [7, 11) is -3.43. The van der Waals surface area contributed by atoms with Crippen molar-refractivity contribution < 1.29 is 8.42 Å². The van der Waals surface area contributed by atoms with Gasteiger partial charge in [0.2, 0.25) is 10.0 Å². The molecule has 0 bridgehead atoms. The smallest absolute Gasteiger partial charge is 0.243 e. The van der Waals surface area contributed by atoms with Crippen LogP contribution in [0.5, 0.6) is 0 Å². The van der Waals surface area contributed by atoms with Gasteiger partial charge in [0.25, 0.3) is 0 Å². The Kier molecular flexibility index (Phi) is 5.34. The first-order valence-electron chi connectivity index (χ1n) is 10.1. The minimum absolute atomic E-state index is 0.432. The summed E-state index contributed by atoms with van der Waals surface area (Å²) < 4.78 is 27.7. The summed E-state index contributed by atoms with van der Waals surface area (Å²) in [5, 5.41) is 0. The molecule has 0 saturated carbocycles. The second-order valence-corrected chi connectivity index (χ2v) is 9.78. The van der Waals surface area contributed by atoms with E-state index in [1.54, 1.807) is 10.4 Å². The fraction of sp³-hybridized carbons (Fsp3) is 0.455. The summed E-state index contributed by atoms with van der Waals surface area (Å²) in [4.78, 5) is 5.14. The van der Waals surface area contributed by atoms with E-state index in [4.69, 9.17) is 0 Å². The molecule has 2 aliphatic heterocycles. The van der Waals surface area contributed by atoms with Crippen LogP contribution in [0.25, 0.3) is 0 Å². The van der Waals surface area contributed by atoms with Crippen LogP contribution in [0.2, 0.25) is 0 Å². The zero-order chi connectivity index (χ0) is 19.7. The molecule has 2 heterocycles. The van der Waals surface area contributed by atoms with Gasteiger partial charge in [0.15, 0.2) is 0 Å². The molecule has 28 heavy (non-hydrogen) atoms. The van der Waals surface area contributed by atoms with Crippen molar-refractivity contribution >= 4 is 21.4 Å². The molecule has 0 atom stereocenters. The second-order valence-electron chi connectivity index (χ2n) is 7.87. The third-order valence-corrected chi connectivity index (χ3v) is 7.93. The fourth-order valence-corrected chi connectivity index (χ4v) is 5.89. The predicted molar refractivity (Wildman–Crippen MR) is 115 cm³/mol. The molecule has 2 aromatic rings. The quantitative estimate of drug-likeness (QED) is 0.790. The first kappa shape index (κ1) is 19.3. The van der Waals surface area contributed by atoms with Crippen LogP contribution in [-0.4, -0.2) is 52.0 Å². The Balaban J connectivity index is 1.42. The van der Waals surface area contributed by atoms with E-state index in [9.17, 15) is 8.42 Å². The lowest BCUT2D eigenvalue weighted by Gasteiger charge is -2.35. The van der Waals surface area contributed by atoms with Crippen LogP contribution in [0.3, 0.4) is 0 Å². The summed E-state index contributed by atoms with van der Waals surface area (Å²) in [6.07, 6.45) is 2.55. The van der Waals surface area contributed by atoms with Crippen molar-refractivity contribution in [2.75, 3.05) is 49.1 Å². The molecule has 0 aromatic heterocycles. The number of aryl methyl sites for hydroxylation is 2. The maximum Gasteiger partial charge on any atom is 0.243 e. The molecule has 2 fully saturated rings. The molecule has 0 radical (unpaired) electrons. The molecule has 150 valence electrons. The van der Waals surface area contributed by atoms with Gasteiger partial charge in [-0.1, -0.05) is 17.7 Å². The van der Waals surface area contributed by atoms with Crippen LogP contribution in [0.15, 0.2) is 47.4 Å². The lowest BCUT2D eigenvalue weighted by molar-refractivity contribution is 0.384. The molecule has 4 rings (SSSR count). The van der Waals surface area contributed by atoms with E-state index in [0.29, 0.717) is 31.1 Å². The number of benzene rings is 2. The van der Waals surface area contributed by atoms with Gasteiger partial charge in [-0.05, 0) is 62.6 Å². The number of hydrogen-bond donors (Lipinski definition) is 0. The number of piperazine rings is 1. The fourth-order valence-electron chi connectivity index (χ4n) is 4.26. The third kappa shape index (κ3) is 3.76. The van der Waals surface area contributed by atoms with Crippen molar-refractivity contribution in [3.05, 3.63) is 53.6 Å². The van der Waals surface area contributed by atoms with E-state index >= 15 is 0 Å². The molecule has 0 N–H and O–H groups in total. The first-order valence-corrected chi connectivity index (χ1v) is 11.6. The van der Waals surface area contributed by atoms with Gasteiger partial charge in [-0.3, -0.25) is 0 Å². The van der Waals surface area contributed by atoms with Crippen molar-refractivity contribution in [1.29, 1.82) is 0 Å². The third-order valence-electron chi connectivity index (χ3n) is 5.87. The molecular formula is C22H29N3O2S. The molecule has 0 unspecified atom stereocenters. The SMILES string of the molecule is Cc1ccc(S(=O)(=O)N2CCN(c3ccc(N4CCCC4)cc3)CC2)c(C)c1. The summed E-state index contributed by atoms with van der Waals surface area (Å²) in [5.41, 5.74) is 4.36. The Morgan fingerprint density at radius 1 is 0.714 bits per heavy atom. The Morgan fingerprint density at radius 2 is 1.25 bits per heavy atom. The van der Waals surface area contributed by atoms with Crippen molar-refractivity contribution in [3.63, 3.8) is 0 Å². The molecule has 2 aliphatic rings. The van der Waals surface area contributed by atoms with E-state index in [2.05, 4.69) is 34.1 Å². The monoisotopic (exact) mass is 399 g/mol. The number of anilines is 2. The molecule has 0 aliphatic carbocycles. The number of nitrogens with zero attached hydrogens (tertiary/aromatic N) is 3. The van der Waals surface area contributed by atoms with E-state index in [1.165, 1.54) is 24.2 Å². The molecule has 6 heteroatoms. The van der Waals surface area contributed by atoms with E-state index in [-0.39, 0.29) is 0 Å². The number of sulfonamides is 1. The molecule has 2 saturated heterocycles. The second kappa shape index (κ2) is 7.76.